The van der Waals surface area contributed by atoms with E-state index in [1.54, 1.807) is 23.0 Å². The molecule has 0 fully saturated rings. The third kappa shape index (κ3) is 3.80. The highest BCUT2D eigenvalue weighted by Gasteiger charge is 2.26. The highest BCUT2D eigenvalue weighted by molar-refractivity contribution is 6.00. The van der Waals surface area contributed by atoms with Gasteiger partial charge in [0.1, 0.15) is 17.3 Å². The Kier molecular flexibility index (Phi) is 4.96. The molecule has 1 aliphatic heterocycles. The minimum Gasteiger partial charge on any atom is -0.493 e. The summed E-state index contributed by atoms with van der Waals surface area (Å²) in [4.78, 5) is 13.3. The number of benzene rings is 3. The summed E-state index contributed by atoms with van der Waals surface area (Å²) in [5.41, 5.74) is 3.40. The maximum absolute atomic E-state index is 13.5. The highest BCUT2D eigenvalue weighted by atomic mass is 19.1. The topological polar surface area (TPSA) is 56.1 Å². The van der Waals surface area contributed by atoms with Gasteiger partial charge in [0, 0.05) is 23.7 Å². The third-order valence-electron chi connectivity index (χ3n) is 5.36. The summed E-state index contributed by atoms with van der Waals surface area (Å²) in [5.74, 6) is 0.219. The van der Waals surface area contributed by atoms with Crippen molar-refractivity contribution in [2.75, 3.05) is 6.61 Å². The molecule has 0 aliphatic carbocycles. The van der Waals surface area contributed by atoms with E-state index in [0.717, 1.165) is 17.0 Å². The predicted molar refractivity (Wildman–Crippen MR) is 116 cm³/mol. The molecule has 3 aromatic carbocycles. The Labute approximate surface area is 179 Å². The second kappa shape index (κ2) is 8.07. The lowest BCUT2D eigenvalue weighted by Crippen LogP contribution is -2.32. The molecule has 154 valence electrons. The van der Waals surface area contributed by atoms with Gasteiger partial charge < -0.3 is 10.1 Å². The SMILES string of the molecule is O=C(N[C@@H]1CCOc2ccccc21)c1cn(-c2ccccc2)nc1-c1ccc(F)cc1. The molecule has 0 bridgehead atoms. The third-order valence-corrected chi connectivity index (χ3v) is 5.36. The molecule has 0 unspecified atom stereocenters. The fourth-order valence-corrected chi connectivity index (χ4v) is 3.80. The van der Waals surface area contributed by atoms with Crippen LogP contribution in [-0.4, -0.2) is 22.3 Å². The van der Waals surface area contributed by atoms with Crippen LogP contribution in [0.15, 0.2) is 85.1 Å². The lowest BCUT2D eigenvalue weighted by molar-refractivity contribution is 0.0925. The van der Waals surface area contributed by atoms with Crippen molar-refractivity contribution in [3.8, 4) is 22.7 Å². The van der Waals surface area contributed by atoms with E-state index in [1.165, 1.54) is 12.1 Å². The molecule has 5 rings (SSSR count). The van der Waals surface area contributed by atoms with Gasteiger partial charge in [0.25, 0.3) is 5.91 Å². The van der Waals surface area contributed by atoms with E-state index in [2.05, 4.69) is 10.4 Å². The van der Waals surface area contributed by atoms with Gasteiger partial charge in [0.15, 0.2) is 0 Å². The first-order valence-electron chi connectivity index (χ1n) is 10.1. The Morgan fingerprint density at radius 3 is 2.55 bits per heavy atom. The summed E-state index contributed by atoms with van der Waals surface area (Å²) >= 11 is 0. The van der Waals surface area contributed by atoms with Gasteiger partial charge >= 0.3 is 0 Å². The smallest absolute Gasteiger partial charge is 0.255 e. The lowest BCUT2D eigenvalue weighted by Gasteiger charge is -2.26. The van der Waals surface area contributed by atoms with Gasteiger partial charge in [-0.05, 0) is 42.5 Å². The molecule has 5 nitrogen and oxygen atoms in total. The van der Waals surface area contributed by atoms with Gasteiger partial charge in [-0.1, -0.05) is 36.4 Å². The number of aromatic nitrogens is 2. The van der Waals surface area contributed by atoms with Crippen LogP contribution in [0.3, 0.4) is 0 Å². The van der Waals surface area contributed by atoms with Gasteiger partial charge in [-0.2, -0.15) is 5.10 Å². The number of hydrogen-bond donors (Lipinski definition) is 1. The first-order chi connectivity index (χ1) is 15.2. The van der Waals surface area contributed by atoms with Crippen LogP contribution in [-0.2, 0) is 0 Å². The second-order valence-corrected chi connectivity index (χ2v) is 7.38. The maximum Gasteiger partial charge on any atom is 0.255 e. The number of ether oxygens (including phenoxy) is 1. The van der Waals surface area contributed by atoms with Crippen LogP contribution in [0.1, 0.15) is 28.4 Å². The first-order valence-corrected chi connectivity index (χ1v) is 10.1. The van der Waals surface area contributed by atoms with E-state index in [-0.39, 0.29) is 17.8 Å². The maximum atomic E-state index is 13.5. The zero-order valence-electron chi connectivity index (χ0n) is 16.7. The number of para-hydroxylation sites is 2. The number of nitrogens with zero attached hydrogens (tertiary/aromatic N) is 2. The van der Waals surface area contributed by atoms with Crippen molar-refractivity contribution >= 4 is 5.91 Å². The summed E-state index contributed by atoms with van der Waals surface area (Å²) in [7, 11) is 0. The molecular formula is C25H20FN3O2. The molecule has 1 aromatic heterocycles. The minimum absolute atomic E-state index is 0.154. The number of halogens is 1. The number of amides is 1. The van der Waals surface area contributed by atoms with Gasteiger partial charge in [-0.15, -0.1) is 0 Å². The zero-order chi connectivity index (χ0) is 21.2. The number of carbonyl (C=O) groups excluding carboxylic acids is 1. The van der Waals surface area contributed by atoms with E-state index in [1.807, 2.05) is 54.6 Å². The lowest BCUT2D eigenvalue weighted by atomic mass is 10.00. The molecule has 1 aliphatic rings. The highest BCUT2D eigenvalue weighted by Crippen LogP contribution is 2.32. The predicted octanol–water partition coefficient (Wildman–Crippen LogP) is 4.93. The Morgan fingerprint density at radius 1 is 1.00 bits per heavy atom. The molecule has 1 amide bonds. The molecule has 4 aromatic rings. The van der Waals surface area contributed by atoms with Crippen LogP contribution >= 0.6 is 0 Å². The van der Waals surface area contributed by atoms with Crippen LogP contribution in [0.2, 0.25) is 0 Å². The quantitative estimate of drug-likeness (QED) is 0.516. The van der Waals surface area contributed by atoms with Gasteiger partial charge in [0.05, 0.1) is 23.9 Å². The number of rotatable bonds is 4. The van der Waals surface area contributed by atoms with Crippen molar-refractivity contribution in [3.05, 3.63) is 102 Å². The molecule has 0 saturated carbocycles. The van der Waals surface area contributed by atoms with Crippen molar-refractivity contribution in [3.63, 3.8) is 0 Å². The minimum atomic E-state index is -0.337. The molecule has 0 spiro atoms. The number of fused-ring (bicyclic) bond motifs is 1. The fraction of sp³-hybridized carbons (Fsp3) is 0.120. The molecule has 6 heteroatoms. The largest absolute Gasteiger partial charge is 0.493 e. The number of carbonyl (C=O) groups is 1. The summed E-state index contributed by atoms with van der Waals surface area (Å²) in [6.07, 6.45) is 2.40. The van der Waals surface area contributed by atoms with Crippen molar-refractivity contribution in [2.45, 2.75) is 12.5 Å². The standard InChI is InChI=1S/C25H20FN3O2/c26-18-12-10-17(11-13-18)24-21(16-29(28-24)19-6-2-1-3-7-19)25(30)27-22-14-15-31-23-9-5-4-8-20(22)23/h1-13,16,22H,14-15H2,(H,27,30)/t22-/m1/s1. The fourth-order valence-electron chi connectivity index (χ4n) is 3.80. The van der Waals surface area contributed by atoms with E-state index in [4.69, 9.17) is 4.74 Å². The number of nitrogens with one attached hydrogen (secondary N) is 1. The molecular weight excluding hydrogens is 393 g/mol. The van der Waals surface area contributed by atoms with Crippen LogP contribution < -0.4 is 10.1 Å². The van der Waals surface area contributed by atoms with Crippen LogP contribution in [0.25, 0.3) is 16.9 Å². The van der Waals surface area contributed by atoms with Crippen molar-refractivity contribution in [1.82, 2.24) is 15.1 Å². The first kappa shape index (κ1) is 19.1. The zero-order valence-corrected chi connectivity index (χ0v) is 16.7. The van der Waals surface area contributed by atoms with E-state index < -0.39 is 0 Å². The monoisotopic (exact) mass is 413 g/mol. The van der Waals surface area contributed by atoms with Crippen LogP contribution in [0, 0.1) is 5.82 Å². The van der Waals surface area contributed by atoms with E-state index in [9.17, 15) is 9.18 Å². The molecule has 0 saturated heterocycles. The Bertz CT molecular complexity index is 1220. The van der Waals surface area contributed by atoms with Gasteiger partial charge in [-0.25, -0.2) is 9.07 Å². The summed E-state index contributed by atoms with van der Waals surface area (Å²) in [6.45, 7) is 0.538. The Hall–Kier alpha value is -3.93. The normalized spacial score (nSPS) is 15.1. The Morgan fingerprint density at radius 2 is 1.74 bits per heavy atom. The Balaban J connectivity index is 1.52. The van der Waals surface area contributed by atoms with Crippen LogP contribution in [0.4, 0.5) is 4.39 Å². The molecule has 1 atom stereocenters. The van der Waals surface area contributed by atoms with Gasteiger partial charge in [-0.3, -0.25) is 4.79 Å². The van der Waals surface area contributed by atoms with E-state index in [0.29, 0.717) is 29.8 Å². The van der Waals surface area contributed by atoms with Crippen molar-refractivity contribution in [1.29, 1.82) is 0 Å². The molecule has 31 heavy (non-hydrogen) atoms. The summed E-state index contributed by atoms with van der Waals surface area (Å²) in [6, 6.07) is 23.1. The van der Waals surface area contributed by atoms with E-state index >= 15 is 0 Å². The molecule has 2 heterocycles. The van der Waals surface area contributed by atoms with Gasteiger partial charge in [0.2, 0.25) is 0 Å². The number of hydrogen-bond acceptors (Lipinski definition) is 3. The van der Waals surface area contributed by atoms with Crippen molar-refractivity contribution < 1.29 is 13.9 Å². The summed E-state index contributed by atoms with van der Waals surface area (Å²) < 4.78 is 20.8. The summed E-state index contributed by atoms with van der Waals surface area (Å²) in [5, 5.41) is 7.78. The molecule has 0 radical (unpaired) electrons. The second-order valence-electron chi connectivity index (χ2n) is 7.38. The average Bonchev–Trinajstić information content (AvgIpc) is 3.26. The average molecular weight is 413 g/mol. The molecule has 1 N–H and O–H groups in total. The van der Waals surface area contributed by atoms with Crippen molar-refractivity contribution in [2.24, 2.45) is 0 Å². The van der Waals surface area contributed by atoms with Crippen LogP contribution in [0.5, 0.6) is 5.75 Å².